The molecule has 0 spiro atoms. The molecule has 2 aromatic rings. The van der Waals surface area contributed by atoms with E-state index in [-0.39, 0.29) is 5.91 Å². The number of ether oxygens (including phenoxy) is 2. The molecular weight excluding hydrogens is 290 g/mol. The highest BCUT2D eigenvalue weighted by Gasteiger charge is 2.27. The Kier molecular flexibility index (Phi) is 3.66. The van der Waals surface area contributed by atoms with Crippen molar-refractivity contribution >= 4 is 5.91 Å². The molecule has 0 saturated carbocycles. The average molecular weight is 309 g/mol. The standard InChI is InChI=1S/C19H19NO3/c21-18(20-12-13-4-2-1-3-5-13)11-16-15-7-9-22-17(15)10-14-6-8-23-19(14)16/h1-5,10H,6-9,11-12H2,(H,20,21). The summed E-state index contributed by atoms with van der Waals surface area (Å²) in [6, 6.07) is 12.0. The van der Waals surface area contributed by atoms with Crippen molar-refractivity contribution < 1.29 is 14.3 Å². The number of benzene rings is 2. The number of nitrogens with one attached hydrogen (secondary N) is 1. The van der Waals surface area contributed by atoms with Crippen LogP contribution in [0.2, 0.25) is 0 Å². The van der Waals surface area contributed by atoms with E-state index in [1.165, 1.54) is 0 Å². The minimum absolute atomic E-state index is 0.0202. The van der Waals surface area contributed by atoms with Crippen molar-refractivity contribution in [3.8, 4) is 11.5 Å². The molecule has 0 atom stereocenters. The number of amides is 1. The van der Waals surface area contributed by atoms with Crippen molar-refractivity contribution in [1.82, 2.24) is 5.32 Å². The molecule has 0 aliphatic carbocycles. The molecule has 0 saturated heterocycles. The van der Waals surface area contributed by atoms with E-state index in [4.69, 9.17) is 9.47 Å². The molecule has 1 amide bonds. The molecule has 4 heteroatoms. The van der Waals surface area contributed by atoms with Gasteiger partial charge in [-0.25, -0.2) is 0 Å². The first-order valence-electron chi connectivity index (χ1n) is 8.05. The third kappa shape index (κ3) is 2.77. The Balaban J connectivity index is 1.51. The molecule has 2 aromatic carbocycles. The quantitative estimate of drug-likeness (QED) is 0.943. The lowest BCUT2D eigenvalue weighted by atomic mass is 9.97. The number of rotatable bonds is 4. The number of carbonyl (C=O) groups excluding carboxylic acids is 1. The van der Waals surface area contributed by atoms with E-state index in [0.29, 0.717) is 26.2 Å². The Hall–Kier alpha value is -2.49. The minimum Gasteiger partial charge on any atom is -0.493 e. The molecule has 0 fully saturated rings. The van der Waals surface area contributed by atoms with Crippen molar-refractivity contribution in [1.29, 1.82) is 0 Å². The molecule has 4 rings (SSSR count). The first-order chi connectivity index (χ1) is 11.3. The Bertz CT molecular complexity index is 708. The third-order valence-corrected chi connectivity index (χ3v) is 4.43. The summed E-state index contributed by atoms with van der Waals surface area (Å²) in [7, 11) is 0. The van der Waals surface area contributed by atoms with Gasteiger partial charge in [-0.15, -0.1) is 0 Å². The zero-order chi connectivity index (χ0) is 15.6. The zero-order valence-electron chi connectivity index (χ0n) is 12.9. The lowest BCUT2D eigenvalue weighted by Crippen LogP contribution is -2.25. The Morgan fingerprint density at radius 1 is 1.09 bits per heavy atom. The molecule has 1 N–H and O–H groups in total. The third-order valence-electron chi connectivity index (χ3n) is 4.43. The van der Waals surface area contributed by atoms with Crippen LogP contribution in [-0.2, 0) is 30.6 Å². The van der Waals surface area contributed by atoms with Crippen LogP contribution in [0.25, 0.3) is 0 Å². The van der Waals surface area contributed by atoms with Crippen molar-refractivity contribution in [2.24, 2.45) is 0 Å². The molecule has 0 unspecified atom stereocenters. The van der Waals surface area contributed by atoms with Gasteiger partial charge in [-0.2, -0.15) is 0 Å². The lowest BCUT2D eigenvalue weighted by molar-refractivity contribution is -0.120. The van der Waals surface area contributed by atoms with E-state index in [1.54, 1.807) is 0 Å². The van der Waals surface area contributed by atoms with Crippen LogP contribution in [0.5, 0.6) is 11.5 Å². The van der Waals surface area contributed by atoms with Crippen LogP contribution in [0.3, 0.4) is 0 Å². The van der Waals surface area contributed by atoms with E-state index in [9.17, 15) is 4.79 Å². The van der Waals surface area contributed by atoms with E-state index >= 15 is 0 Å². The van der Waals surface area contributed by atoms with Gasteiger partial charge in [-0.1, -0.05) is 30.3 Å². The van der Waals surface area contributed by atoms with Gasteiger partial charge in [-0.05, 0) is 11.6 Å². The second-order valence-corrected chi connectivity index (χ2v) is 5.96. The summed E-state index contributed by atoms with van der Waals surface area (Å²) in [6.07, 6.45) is 2.10. The van der Waals surface area contributed by atoms with Crippen LogP contribution in [0, 0.1) is 0 Å². The highest BCUT2D eigenvalue weighted by atomic mass is 16.5. The van der Waals surface area contributed by atoms with Crippen molar-refractivity contribution in [2.45, 2.75) is 25.8 Å². The van der Waals surface area contributed by atoms with E-state index in [2.05, 4.69) is 11.4 Å². The van der Waals surface area contributed by atoms with Crippen LogP contribution >= 0.6 is 0 Å². The van der Waals surface area contributed by atoms with Gasteiger partial charge in [0.2, 0.25) is 5.91 Å². The Morgan fingerprint density at radius 2 is 1.91 bits per heavy atom. The maximum atomic E-state index is 12.4. The number of hydrogen-bond donors (Lipinski definition) is 1. The molecule has 0 aromatic heterocycles. The molecule has 0 radical (unpaired) electrons. The summed E-state index contributed by atoms with van der Waals surface area (Å²) in [5.74, 6) is 1.86. The second-order valence-electron chi connectivity index (χ2n) is 5.96. The molecular formula is C19H19NO3. The van der Waals surface area contributed by atoms with Crippen LogP contribution < -0.4 is 14.8 Å². The van der Waals surface area contributed by atoms with E-state index < -0.39 is 0 Å². The normalized spacial score (nSPS) is 14.6. The van der Waals surface area contributed by atoms with Crippen molar-refractivity contribution in [3.05, 3.63) is 58.7 Å². The van der Waals surface area contributed by atoms with Gasteiger partial charge in [0.05, 0.1) is 19.6 Å². The number of fused-ring (bicyclic) bond motifs is 2. The fourth-order valence-electron chi connectivity index (χ4n) is 3.29. The van der Waals surface area contributed by atoms with Gasteiger partial charge >= 0.3 is 0 Å². The fourth-order valence-corrected chi connectivity index (χ4v) is 3.29. The van der Waals surface area contributed by atoms with Crippen LogP contribution in [0.15, 0.2) is 36.4 Å². The summed E-state index contributed by atoms with van der Waals surface area (Å²) in [5.41, 5.74) is 4.42. The van der Waals surface area contributed by atoms with Crippen LogP contribution in [0.1, 0.15) is 22.3 Å². The predicted molar refractivity (Wildman–Crippen MR) is 86.8 cm³/mol. The van der Waals surface area contributed by atoms with Gasteiger partial charge in [0.25, 0.3) is 0 Å². The summed E-state index contributed by atoms with van der Waals surface area (Å²) >= 11 is 0. The first kappa shape index (κ1) is 14.1. The van der Waals surface area contributed by atoms with E-state index in [1.807, 2.05) is 30.3 Å². The van der Waals surface area contributed by atoms with Gasteiger partial charge in [-0.3, -0.25) is 4.79 Å². The first-order valence-corrected chi connectivity index (χ1v) is 8.05. The molecule has 2 heterocycles. The fraction of sp³-hybridized carbons (Fsp3) is 0.316. The monoisotopic (exact) mass is 309 g/mol. The topological polar surface area (TPSA) is 47.6 Å². The molecule has 4 nitrogen and oxygen atoms in total. The second kappa shape index (κ2) is 5.95. The van der Waals surface area contributed by atoms with Crippen molar-refractivity contribution in [3.63, 3.8) is 0 Å². The number of hydrogen-bond acceptors (Lipinski definition) is 3. The predicted octanol–water partition coefficient (Wildman–Crippen LogP) is 2.42. The van der Waals surface area contributed by atoms with Crippen molar-refractivity contribution in [2.75, 3.05) is 13.2 Å². The highest BCUT2D eigenvalue weighted by Crippen LogP contribution is 2.40. The molecule has 2 aliphatic heterocycles. The zero-order valence-corrected chi connectivity index (χ0v) is 12.9. The maximum absolute atomic E-state index is 12.4. The van der Waals surface area contributed by atoms with Gasteiger partial charge in [0.15, 0.2) is 0 Å². The summed E-state index contributed by atoms with van der Waals surface area (Å²) in [6.45, 7) is 1.93. The lowest BCUT2D eigenvalue weighted by Gasteiger charge is -2.13. The van der Waals surface area contributed by atoms with Gasteiger partial charge in [0, 0.05) is 36.1 Å². The minimum atomic E-state index is 0.0202. The SMILES string of the molecule is O=C(Cc1c2c(cc3c1OCC3)OCC2)NCc1ccccc1. The largest absolute Gasteiger partial charge is 0.493 e. The van der Waals surface area contributed by atoms with Gasteiger partial charge in [0.1, 0.15) is 11.5 Å². The molecule has 118 valence electrons. The Labute approximate surface area is 135 Å². The molecule has 2 aliphatic rings. The Morgan fingerprint density at radius 3 is 2.78 bits per heavy atom. The van der Waals surface area contributed by atoms with Gasteiger partial charge < -0.3 is 14.8 Å². The van der Waals surface area contributed by atoms with Crippen LogP contribution in [-0.4, -0.2) is 19.1 Å². The molecule has 0 bridgehead atoms. The number of carbonyl (C=O) groups is 1. The van der Waals surface area contributed by atoms with Crippen LogP contribution in [0.4, 0.5) is 0 Å². The summed E-state index contributed by atoms with van der Waals surface area (Å²) in [4.78, 5) is 12.4. The smallest absolute Gasteiger partial charge is 0.224 e. The highest BCUT2D eigenvalue weighted by molar-refractivity contribution is 5.80. The maximum Gasteiger partial charge on any atom is 0.224 e. The molecule has 23 heavy (non-hydrogen) atoms. The van der Waals surface area contributed by atoms with E-state index in [0.717, 1.165) is 46.6 Å². The summed E-state index contributed by atoms with van der Waals surface area (Å²) in [5, 5.41) is 2.99. The average Bonchev–Trinajstić information content (AvgIpc) is 3.22. The summed E-state index contributed by atoms with van der Waals surface area (Å²) < 4.78 is 11.5.